The van der Waals surface area contributed by atoms with E-state index < -0.39 is 28.9 Å². The number of aryl methyl sites for hydroxylation is 1. The number of esters is 1. The first-order chi connectivity index (χ1) is 18.5. The molecule has 214 valence electrons. The monoisotopic (exact) mass is 556 g/mol. The lowest BCUT2D eigenvalue weighted by atomic mass is 10.1. The fourth-order valence-electron chi connectivity index (χ4n) is 3.80. The predicted octanol–water partition coefficient (Wildman–Crippen LogP) is 7.25. The highest BCUT2D eigenvalue weighted by molar-refractivity contribution is 5.92. The molecular formula is C31H35F3N2O4. The number of pyridine rings is 1. The van der Waals surface area contributed by atoms with Crippen molar-refractivity contribution in [1.82, 2.24) is 4.98 Å². The molecule has 1 heterocycles. The molecule has 0 saturated heterocycles. The van der Waals surface area contributed by atoms with Crippen LogP contribution in [0.3, 0.4) is 0 Å². The quantitative estimate of drug-likeness (QED) is 0.260. The normalized spacial score (nSPS) is 12.1. The molecule has 1 amide bonds. The minimum absolute atomic E-state index is 0.0804. The van der Waals surface area contributed by atoms with E-state index in [1.807, 2.05) is 12.1 Å². The van der Waals surface area contributed by atoms with Crippen molar-refractivity contribution < 1.29 is 32.2 Å². The smallest absolute Gasteiger partial charge is 0.416 e. The molecule has 6 nitrogen and oxygen atoms in total. The van der Waals surface area contributed by atoms with Crippen LogP contribution in [0, 0.1) is 0 Å². The second kappa shape index (κ2) is 12.1. The van der Waals surface area contributed by atoms with E-state index in [0.29, 0.717) is 42.0 Å². The predicted molar refractivity (Wildman–Crippen MR) is 148 cm³/mol. The van der Waals surface area contributed by atoms with Gasteiger partial charge >= 0.3 is 12.1 Å². The molecule has 40 heavy (non-hydrogen) atoms. The van der Waals surface area contributed by atoms with Gasteiger partial charge in [-0.3, -0.25) is 9.78 Å². The number of ether oxygens (including phenoxy) is 2. The van der Waals surface area contributed by atoms with E-state index in [4.69, 9.17) is 9.47 Å². The minimum atomic E-state index is -4.39. The van der Waals surface area contributed by atoms with E-state index in [9.17, 15) is 22.8 Å². The van der Waals surface area contributed by atoms with Gasteiger partial charge in [-0.25, -0.2) is 4.79 Å². The van der Waals surface area contributed by atoms with Crippen LogP contribution in [-0.2, 0) is 26.9 Å². The summed E-state index contributed by atoms with van der Waals surface area (Å²) in [6.45, 7) is 8.73. The molecule has 0 bridgehead atoms. The Morgan fingerprint density at radius 3 is 2.02 bits per heavy atom. The van der Waals surface area contributed by atoms with Gasteiger partial charge in [-0.05, 0) is 89.4 Å². The van der Waals surface area contributed by atoms with Crippen molar-refractivity contribution >= 4 is 17.6 Å². The molecule has 0 aliphatic carbocycles. The Morgan fingerprint density at radius 2 is 1.50 bits per heavy atom. The molecule has 2 aromatic carbocycles. The molecule has 9 heteroatoms. The number of benzene rings is 2. The van der Waals surface area contributed by atoms with E-state index in [2.05, 4.69) is 4.98 Å². The summed E-state index contributed by atoms with van der Waals surface area (Å²) in [4.78, 5) is 31.0. The lowest BCUT2D eigenvalue weighted by Gasteiger charge is -2.29. The van der Waals surface area contributed by atoms with Crippen LogP contribution in [0.25, 0.3) is 11.3 Å². The molecule has 0 saturated carbocycles. The summed E-state index contributed by atoms with van der Waals surface area (Å²) in [5.41, 5.74) is 0.220. The number of alkyl halides is 3. The molecule has 0 spiro atoms. The number of halogens is 3. The number of carbonyl (C=O) groups excluding carboxylic acids is 2. The zero-order chi connectivity index (χ0) is 29.7. The molecule has 3 rings (SSSR count). The number of anilines is 1. The van der Waals surface area contributed by atoms with Crippen LogP contribution in [-0.4, -0.2) is 35.1 Å². The summed E-state index contributed by atoms with van der Waals surface area (Å²) in [7, 11) is 1.66. The highest BCUT2D eigenvalue weighted by Crippen LogP contribution is 2.31. The van der Waals surface area contributed by atoms with Crippen LogP contribution in [0.4, 0.5) is 18.9 Å². The van der Waals surface area contributed by atoms with Crippen LogP contribution in [0.15, 0.2) is 66.9 Å². The Morgan fingerprint density at radius 1 is 0.875 bits per heavy atom. The molecule has 0 N–H and O–H groups in total. The van der Waals surface area contributed by atoms with Crippen molar-refractivity contribution in [3.05, 3.63) is 78.0 Å². The second-order valence-electron chi connectivity index (χ2n) is 11.0. The molecule has 0 radical (unpaired) electrons. The van der Waals surface area contributed by atoms with Crippen molar-refractivity contribution in [2.24, 2.45) is 0 Å². The molecule has 3 aromatic rings. The van der Waals surface area contributed by atoms with Gasteiger partial charge in [-0.15, -0.1) is 0 Å². The van der Waals surface area contributed by atoms with Crippen LogP contribution in [0.1, 0.15) is 58.6 Å². The lowest BCUT2D eigenvalue weighted by molar-refractivity contribution is -0.170. The third kappa shape index (κ3) is 8.56. The largest absolute Gasteiger partial charge is 0.476 e. The zero-order valence-corrected chi connectivity index (χ0v) is 23.6. The standard InChI is InChI=1S/C31H35F3N2O4/c1-29(2,3)40-28(38)30(4,5)39-25-17-10-21(11-18-25)8-7-9-27(37)36(6)24-16-19-26(35-20-24)22-12-14-23(15-13-22)31(32,33)34/h10-20H,7-9H2,1-6H3. The molecule has 0 fully saturated rings. The SMILES string of the molecule is CN(C(=O)CCCc1ccc(OC(C)(C)C(=O)OC(C)(C)C)cc1)c1ccc(-c2ccc(C(F)(F)F)cc2)nc1. The maximum Gasteiger partial charge on any atom is 0.416 e. The number of carbonyl (C=O) groups is 2. The summed E-state index contributed by atoms with van der Waals surface area (Å²) in [6, 6.07) is 15.6. The molecule has 1 aromatic heterocycles. The highest BCUT2D eigenvalue weighted by Gasteiger charge is 2.35. The maximum atomic E-state index is 12.8. The molecule has 0 aliphatic heterocycles. The van der Waals surface area contributed by atoms with Gasteiger partial charge in [0.15, 0.2) is 5.60 Å². The number of nitrogens with zero attached hydrogens (tertiary/aromatic N) is 2. The van der Waals surface area contributed by atoms with Gasteiger partial charge in [0.1, 0.15) is 11.4 Å². The summed E-state index contributed by atoms with van der Waals surface area (Å²) in [5.74, 6) is 0.0157. The molecule has 0 unspecified atom stereocenters. The third-order valence-electron chi connectivity index (χ3n) is 6.06. The minimum Gasteiger partial charge on any atom is -0.476 e. The Balaban J connectivity index is 1.50. The molecular weight excluding hydrogens is 521 g/mol. The fraction of sp³-hybridized carbons (Fsp3) is 0.387. The number of hydrogen-bond donors (Lipinski definition) is 0. The first-order valence-corrected chi connectivity index (χ1v) is 13.0. The Hall–Kier alpha value is -3.88. The van der Waals surface area contributed by atoms with E-state index >= 15 is 0 Å². The average molecular weight is 557 g/mol. The van der Waals surface area contributed by atoms with Gasteiger partial charge in [-0.2, -0.15) is 13.2 Å². The lowest BCUT2D eigenvalue weighted by Crippen LogP contribution is -2.43. The van der Waals surface area contributed by atoms with Gasteiger partial charge in [0.2, 0.25) is 5.91 Å². The third-order valence-corrected chi connectivity index (χ3v) is 6.06. The summed E-state index contributed by atoms with van der Waals surface area (Å²) in [6.07, 6.45) is -1.23. The number of rotatable bonds is 9. The van der Waals surface area contributed by atoms with Crippen molar-refractivity contribution in [1.29, 1.82) is 0 Å². The van der Waals surface area contributed by atoms with Crippen molar-refractivity contribution in [3.8, 4) is 17.0 Å². The zero-order valence-electron chi connectivity index (χ0n) is 23.6. The second-order valence-corrected chi connectivity index (χ2v) is 11.0. The van der Waals surface area contributed by atoms with E-state index in [1.54, 1.807) is 65.9 Å². The Kier molecular flexibility index (Phi) is 9.28. The number of hydrogen-bond acceptors (Lipinski definition) is 5. The number of amides is 1. The average Bonchev–Trinajstić information content (AvgIpc) is 2.87. The van der Waals surface area contributed by atoms with E-state index in [0.717, 1.165) is 17.7 Å². The van der Waals surface area contributed by atoms with Gasteiger partial charge in [0.25, 0.3) is 0 Å². The van der Waals surface area contributed by atoms with Crippen LogP contribution < -0.4 is 9.64 Å². The fourth-order valence-corrected chi connectivity index (χ4v) is 3.80. The van der Waals surface area contributed by atoms with Crippen LogP contribution >= 0.6 is 0 Å². The van der Waals surface area contributed by atoms with Gasteiger partial charge in [0.05, 0.1) is 23.1 Å². The first-order valence-electron chi connectivity index (χ1n) is 13.0. The van der Waals surface area contributed by atoms with E-state index in [1.165, 1.54) is 23.2 Å². The maximum absolute atomic E-state index is 12.8. The van der Waals surface area contributed by atoms with E-state index in [-0.39, 0.29) is 5.91 Å². The highest BCUT2D eigenvalue weighted by atomic mass is 19.4. The van der Waals surface area contributed by atoms with Gasteiger partial charge in [0, 0.05) is 19.0 Å². The van der Waals surface area contributed by atoms with Crippen molar-refractivity contribution in [2.75, 3.05) is 11.9 Å². The molecule has 0 aliphatic rings. The first kappa shape index (κ1) is 30.7. The van der Waals surface area contributed by atoms with Crippen LogP contribution in [0.5, 0.6) is 5.75 Å². The summed E-state index contributed by atoms with van der Waals surface area (Å²) < 4.78 is 49.6. The van der Waals surface area contributed by atoms with Gasteiger partial charge < -0.3 is 14.4 Å². The summed E-state index contributed by atoms with van der Waals surface area (Å²) in [5, 5.41) is 0. The number of aromatic nitrogens is 1. The van der Waals surface area contributed by atoms with Crippen molar-refractivity contribution in [2.45, 2.75) is 71.3 Å². The Bertz CT molecular complexity index is 1290. The Labute approximate surface area is 233 Å². The summed E-state index contributed by atoms with van der Waals surface area (Å²) >= 11 is 0. The topological polar surface area (TPSA) is 68.7 Å². The molecule has 0 atom stereocenters. The van der Waals surface area contributed by atoms with Crippen molar-refractivity contribution in [3.63, 3.8) is 0 Å². The van der Waals surface area contributed by atoms with Gasteiger partial charge in [-0.1, -0.05) is 24.3 Å². The van der Waals surface area contributed by atoms with Crippen LogP contribution in [0.2, 0.25) is 0 Å².